The third-order valence-electron chi connectivity index (χ3n) is 4.99. The molecule has 0 aliphatic carbocycles. The minimum absolute atomic E-state index is 0.0672. The number of benzene rings is 1. The number of carbonyl (C=O) groups excluding carboxylic acids is 3. The van der Waals surface area contributed by atoms with E-state index in [9.17, 15) is 24.3 Å². The molecule has 0 bridgehead atoms. The molecule has 4 amide bonds. The molecule has 0 saturated heterocycles. The van der Waals surface area contributed by atoms with Crippen molar-refractivity contribution >= 4 is 23.8 Å². The number of urea groups is 1. The molecule has 0 aromatic heterocycles. The molecule has 0 fully saturated rings. The fourth-order valence-electron chi connectivity index (χ4n) is 3.01. The second kappa shape index (κ2) is 13.4. The lowest BCUT2D eigenvalue weighted by Gasteiger charge is -2.25. The Bertz CT molecular complexity index is 800. The van der Waals surface area contributed by atoms with Gasteiger partial charge in [-0.05, 0) is 30.7 Å². The number of amides is 4. The number of hydrogen-bond acceptors (Lipinski definition) is 5. The monoisotopic (exact) mass is 463 g/mol. The summed E-state index contributed by atoms with van der Waals surface area (Å²) in [7, 11) is 0. The summed E-state index contributed by atoms with van der Waals surface area (Å²) in [6.07, 6.45) is -0.199. The third-order valence-corrected chi connectivity index (χ3v) is 4.99. The Hall–Kier alpha value is -3.14. The molecule has 1 aromatic rings. The molecular weight excluding hydrogens is 426 g/mol. The fourth-order valence-corrected chi connectivity index (χ4v) is 3.01. The third kappa shape index (κ3) is 10.3. The van der Waals surface area contributed by atoms with Crippen molar-refractivity contribution in [3.05, 3.63) is 35.9 Å². The molecule has 0 saturated carbocycles. The van der Waals surface area contributed by atoms with Crippen molar-refractivity contribution in [2.75, 3.05) is 0 Å². The first kappa shape index (κ1) is 27.9. The van der Waals surface area contributed by atoms with Gasteiger partial charge >= 0.3 is 12.0 Å². The zero-order valence-electron chi connectivity index (χ0n) is 19.9. The van der Waals surface area contributed by atoms with E-state index in [4.69, 9.17) is 5.73 Å². The zero-order chi connectivity index (χ0) is 25.1. The van der Waals surface area contributed by atoms with Gasteiger partial charge in [-0.1, -0.05) is 58.0 Å². The summed E-state index contributed by atoms with van der Waals surface area (Å²) in [5, 5.41) is 19.6. The van der Waals surface area contributed by atoms with Gasteiger partial charge in [-0.15, -0.1) is 0 Å². The van der Waals surface area contributed by atoms with E-state index in [1.807, 2.05) is 58.0 Å². The van der Waals surface area contributed by atoms with Crippen LogP contribution in [0.1, 0.15) is 46.6 Å². The second-order valence-corrected chi connectivity index (χ2v) is 8.89. The maximum atomic E-state index is 12.5. The first-order chi connectivity index (χ1) is 15.4. The van der Waals surface area contributed by atoms with Gasteiger partial charge in [0.2, 0.25) is 11.8 Å². The standard InChI is InChI=1S/C23H37N5O5/c1-13(2)11-17(22(31)32)26-20(29)15(5)25-23(33)28-18(12-16-9-7-6-8-10-16)27-21(30)19(24)14(3)4/h6-10,13-15,17-19H,11-12,24H2,1-5H3,(H,26,29)(H,27,30)(H,31,32)(H2,25,28,33)/t15-,17-,18+,19-/m0/s1. The minimum atomic E-state index is -1.14. The Morgan fingerprint density at radius 2 is 1.48 bits per heavy atom. The molecule has 10 heteroatoms. The molecular formula is C23H37N5O5. The van der Waals surface area contributed by atoms with Crippen molar-refractivity contribution in [2.24, 2.45) is 17.6 Å². The summed E-state index contributed by atoms with van der Waals surface area (Å²) in [6.45, 7) is 8.79. The van der Waals surface area contributed by atoms with E-state index in [2.05, 4.69) is 21.3 Å². The van der Waals surface area contributed by atoms with Crippen LogP contribution in [0.25, 0.3) is 0 Å². The van der Waals surface area contributed by atoms with Gasteiger partial charge < -0.3 is 32.1 Å². The van der Waals surface area contributed by atoms with E-state index in [-0.39, 0.29) is 18.3 Å². The summed E-state index contributed by atoms with van der Waals surface area (Å²) < 4.78 is 0. The van der Waals surface area contributed by atoms with Crippen molar-refractivity contribution in [2.45, 2.75) is 71.8 Å². The van der Waals surface area contributed by atoms with E-state index < -0.39 is 48.1 Å². The van der Waals surface area contributed by atoms with Gasteiger partial charge in [0.05, 0.1) is 6.04 Å². The lowest BCUT2D eigenvalue weighted by Crippen LogP contribution is -2.58. The van der Waals surface area contributed by atoms with E-state index in [1.54, 1.807) is 0 Å². The van der Waals surface area contributed by atoms with Crippen LogP contribution in [-0.2, 0) is 20.8 Å². The molecule has 184 valence electrons. The zero-order valence-corrected chi connectivity index (χ0v) is 19.9. The second-order valence-electron chi connectivity index (χ2n) is 8.89. The molecule has 0 spiro atoms. The van der Waals surface area contributed by atoms with Gasteiger partial charge in [-0.25, -0.2) is 9.59 Å². The summed E-state index contributed by atoms with van der Waals surface area (Å²) in [5.41, 5.74) is 6.80. The first-order valence-corrected chi connectivity index (χ1v) is 11.1. The number of aliphatic carboxylic acids is 1. The average molecular weight is 464 g/mol. The lowest BCUT2D eigenvalue weighted by molar-refractivity contribution is -0.142. The smallest absolute Gasteiger partial charge is 0.326 e. The lowest BCUT2D eigenvalue weighted by atomic mass is 10.0. The summed E-state index contributed by atoms with van der Waals surface area (Å²) >= 11 is 0. The van der Waals surface area contributed by atoms with Crippen LogP contribution in [-0.4, -0.2) is 53.2 Å². The Morgan fingerprint density at radius 3 is 2.00 bits per heavy atom. The van der Waals surface area contributed by atoms with Crippen LogP contribution in [0.3, 0.4) is 0 Å². The molecule has 0 aliphatic heterocycles. The molecule has 1 rings (SSSR count). The maximum absolute atomic E-state index is 12.5. The average Bonchev–Trinajstić information content (AvgIpc) is 2.72. The van der Waals surface area contributed by atoms with Crippen LogP contribution >= 0.6 is 0 Å². The highest BCUT2D eigenvalue weighted by Gasteiger charge is 2.26. The van der Waals surface area contributed by atoms with E-state index >= 15 is 0 Å². The van der Waals surface area contributed by atoms with Crippen molar-refractivity contribution in [1.82, 2.24) is 21.3 Å². The number of carbonyl (C=O) groups is 4. The van der Waals surface area contributed by atoms with Crippen LogP contribution in [0.2, 0.25) is 0 Å². The van der Waals surface area contributed by atoms with Gasteiger partial charge in [-0.3, -0.25) is 9.59 Å². The van der Waals surface area contributed by atoms with Crippen LogP contribution in [0.15, 0.2) is 30.3 Å². The molecule has 10 nitrogen and oxygen atoms in total. The van der Waals surface area contributed by atoms with Crippen LogP contribution in [0.4, 0.5) is 4.79 Å². The topological polar surface area (TPSA) is 163 Å². The van der Waals surface area contributed by atoms with Crippen LogP contribution in [0.5, 0.6) is 0 Å². The highest BCUT2D eigenvalue weighted by molar-refractivity contribution is 5.90. The Kier molecular flexibility index (Phi) is 11.3. The molecule has 4 atom stereocenters. The quantitative estimate of drug-likeness (QED) is 0.253. The SMILES string of the molecule is CC(C)C[C@H](NC(=O)[C@H](C)NC(=O)N[C@H](Cc1ccccc1)NC(=O)[C@@H](N)C(C)C)C(=O)O. The maximum Gasteiger partial charge on any atom is 0.326 e. The largest absolute Gasteiger partial charge is 0.480 e. The number of nitrogens with one attached hydrogen (secondary N) is 4. The highest BCUT2D eigenvalue weighted by atomic mass is 16.4. The first-order valence-electron chi connectivity index (χ1n) is 11.1. The summed E-state index contributed by atoms with van der Waals surface area (Å²) in [4.78, 5) is 48.7. The number of nitrogens with two attached hydrogens (primary N) is 1. The molecule has 0 unspecified atom stereocenters. The fraction of sp³-hybridized carbons (Fsp3) is 0.565. The van der Waals surface area contributed by atoms with Crippen molar-refractivity contribution in [1.29, 1.82) is 0 Å². The molecule has 7 N–H and O–H groups in total. The number of carboxylic acids is 1. The van der Waals surface area contributed by atoms with Crippen molar-refractivity contribution in [3.8, 4) is 0 Å². The molecule has 33 heavy (non-hydrogen) atoms. The predicted molar refractivity (Wildman–Crippen MR) is 125 cm³/mol. The van der Waals surface area contributed by atoms with E-state index in [0.29, 0.717) is 6.42 Å². The van der Waals surface area contributed by atoms with Crippen molar-refractivity contribution in [3.63, 3.8) is 0 Å². The molecule has 1 aromatic carbocycles. The van der Waals surface area contributed by atoms with Crippen LogP contribution < -0.4 is 27.0 Å². The number of carboxylic acid groups (broad SMARTS) is 1. The van der Waals surface area contributed by atoms with Gasteiger partial charge in [0.1, 0.15) is 18.2 Å². The Balaban J connectivity index is 2.79. The van der Waals surface area contributed by atoms with Crippen molar-refractivity contribution < 1.29 is 24.3 Å². The Morgan fingerprint density at radius 1 is 0.879 bits per heavy atom. The minimum Gasteiger partial charge on any atom is -0.480 e. The normalized spacial score (nSPS) is 14.7. The Labute approximate surface area is 195 Å². The number of hydrogen-bond donors (Lipinski definition) is 6. The molecule has 0 aliphatic rings. The van der Waals surface area contributed by atoms with Gasteiger partial charge in [0.15, 0.2) is 0 Å². The molecule has 0 heterocycles. The van der Waals surface area contributed by atoms with Crippen LogP contribution in [0, 0.1) is 11.8 Å². The molecule has 0 radical (unpaired) electrons. The van der Waals surface area contributed by atoms with Gasteiger partial charge in [0, 0.05) is 6.42 Å². The van der Waals surface area contributed by atoms with E-state index in [1.165, 1.54) is 6.92 Å². The van der Waals surface area contributed by atoms with Gasteiger partial charge in [0.25, 0.3) is 0 Å². The van der Waals surface area contributed by atoms with Gasteiger partial charge in [-0.2, -0.15) is 0 Å². The van der Waals surface area contributed by atoms with E-state index in [0.717, 1.165) is 5.56 Å². The highest BCUT2D eigenvalue weighted by Crippen LogP contribution is 2.06. The number of rotatable bonds is 12. The summed E-state index contributed by atoms with van der Waals surface area (Å²) in [6, 6.07) is 5.79. The predicted octanol–water partition coefficient (Wildman–Crippen LogP) is 0.958. The summed E-state index contributed by atoms with van der Waals surface area (Å²) in [5.74, 6) is -2.19.